The maximum atomic E-state index is 12.3. The molecule has 1 aliphatic carbocycles. The zero-order chi connectivity index (χ0) is 16.3. The average molecular weight is 335 g/mol. The number of benzene rings is 1. The summed E-state index contributed by atoms with van der Waals surface area (Å²) < 4.78 is 0. The lowest BCUT2D eigenvalue weighted by molar-refractivity contribution is 0.246. The van der Waals surface area contributed by atoms with Crippen molar-refractivity contribution in [2.24, 2.45) is 0 Å². The normalized spacial score (nSPS) is 18.5. The van der Waals surface area contributed by atoms with Gasteiger partial charge in [-0.05, 0) is 25.0 Å². The molecule has 1 aliphatic rings. The Kier molecular flexibility index (Phi) is 8.37. The number of rotatable bonds is 2. The van der Waals surface area contributed by atoms with Crippen LogP contribution in [0.5, 0.6) is 0 Å². The number of para-hydroxylation sites is 1. The molecular weight excluding hydrogens is 304 g/mol. The number of hydrogen-bond donors (Lipinski definition) is 3. The molecule has 0 saturated heterocycles. The van der Waals surface area contributed by atoms with E-state index in [1.165, 1.54) is 57.8 Å². The number of amides is 2. The van der Waals surface area contributed by atoms with Crippen molar-refractivity contribution < 1.29 is 4.79 Å². The summed E-state index contributed by atoms with van der Waals surface area (Å²) in [6.45, 7) is 0. The van der Waals surface area contributed by atoms with Crippen molar-refractivity contribution in [2.45, 2.75) is 81.6 Å². The van der Waals surface area contributed by atoms with Crippen molar-refractivity contribution in [3.05, 3.63) is 24.3 Å². The first-order chi connectivity index (χ1) is 11.3. The molecule has 0 atom stereocenters. The van der Waals surface area contributed by atoms with Crippen molar-refractivity contribution in [1.82, 2.24) is 5.32 Å². The van der Waals surface area contributed by atoms with Crippen LogP contribution in [0.4, 0.5) is 10.5 Å². The molecule has 128 valence electrons. The number of carbonyl (C=O) groups excluding carboxylic acids is 1. The summed E-state index contributed by atoms with van der Waals surface area (Å²) >= 11 is 4.38. The van der Waals surface area contributed by atoms with E-state index in [-0.39, 0.29) is 6.03 Å². The highest BCUT2D eigenvalue weighted by Crippen LogP contribution is 2.19. The minimum absolute atomic E-state index is 0.108. The second-order valence-corrected chi connectivity index (χ2v) is 7.05. The predicted molar refractivity (Wildman–Crippen MR) is 100 cm³/mol. The Morgan fingerprint density at radius 1 is 0.870 bits per heavy atom. The van der Waals surface area contributed by atoms with Crippen molar-refractivity contribution >= 4 is 24.3 Å². The first-order valence-corrected chi connectivity index (χ1v) is 9.56. The van der Waals surface area contributed by atoms with Gasteiger partial charge in [0.05, 0.1) is 5.69 Å². The second-order valence-electron chi connectivity index (χ2n) is 6.57. The molecule has 2 N–H and O–H groups in total. The third kappa shape index (κ3) is 7.30. The zero-order valence-corrected chi connectivity index (χ0v) is 14.9. The van der Waals surface area contributed by atoms with Gasteiger partial charge in [-0.1, -0.05) is 69.9 Å². The summed E-state index contributed by atoms with van der Waals surface area (Å²) in [5.41, 5.74) is 0.765. The van der Waals surface area contributed by atoms with Crippen LogP contribution in [-0.4, -0.2) is 12.1 Å². The van der Waals surface area contributed by atoms with Gasteiger partial charge in [0, 0.05) is 10.9 Å². The van der Waals surface area contributed by atoms with Crippen LogP contribution in [-0.2, 0) is 0 Å². The summed E-state index contributed by atoms with van der Waals surface area (Å²) in [5.74, 6) is 0. The molecule has 0 unspecified atom stereocenters. The van der Waals surface area contributed by atoms with Crippen LogP contribution in [0.2, 0.25) is 0 Å². The minimum atomic E-state index is -0.108. The van der Waals surface area contributed by atoms with Gasteiger partial charge in [-0.15, -0.1) is 12.6 Å². The largest absolute Gasteiger partial charge is 0.335 e. The quantitative estimate of drug-likeness (QED) is 0.590. The van der Waals surface area contributed by atoms with Crippen molar-refractivity contribution in [3.63, 3.8) is 0 Å². The van der Waals surface area contributed by atoms with E-state index in [9.17, 15) is 4.79 Å². The van der Waals surface area contributed by atoms with Crippen molar-refractivity contribution in [1.29, 1.82) is 0 Å². The molecule has 3 nitrogen and oxygen atoms in total. The SMILES string of the molecule is O=C(Nc1ccccc1S)NC1CCCCCCCCCCC1. The molecule has 2 amide bonds. The highest BCUT2D eigenvalue weighted by molar-refractivity contribution is 7.80. The monoisotopic (exact) mass is 334 g/mol. The molecule has 1 fully saturated rings. The molecule has 23 heavy (non-hydrogen) atoms. The van der Waals surface area contributed by atoms with Gasteiger partial charge >= 0.3 is 6.03 Å². The molecular formula is C19H30N2OS. The van der Waals surface area contributed by atoms with Crippen LogP contribution < -0.4 is 10.6 Å². The zero-order valence-electron chi connectivity index (χ0n) is 14.0. The molecule has 0 spiro atoms. The van der Waals surface area contributed by atoms with E-state index in [1.807, 2.05) is 24.3 Å². The van der Waals surface area contributed by atoms with Gasteiger partial charge < -0.3 is 10.6 Å². The molecule has 1 saturated carbocycles. The number of carbonyl (C=O) groups is 1. The van der Waals surface area contributed by atoms with E-state index in [4.69, 9.17) is 0 Å². The lowest BCUT2D eigenvalue weighted by Crippen LogP contribution is -2.38. The first-order valence-electron chi connectivity index (χ1n) is 9.11. The number of hydrogen-bond acceptors (Lipinski definition) is 2. The fourth-order valence-electron chi connectivity index (χ4n) is 3.23. The predicted octanol–water partition coefficient (Wildman–Crippen LogP) is 5.77. The topological polar surface area (TPSA) is 41.1 Å². The van der Waals surface area contributed by atoms with E-state index in [0.717, 1.165) is 23.4 Å². The Hall–Kier alpha value is -1.16. The van der Waals surface area contributed by atoms with Crippen molar-refractivity contribution in [2.75, 3.05) is 5.32 Å². The van der Waals surface area contributed by atoms with E-state index in [0.29, 0.717) is 6.04 Å². The Labute approximate surface area is 146 Å². The number of nitrogens with one attached hydrogen (secondary N) is 2. The molecule has 1 aromatic carbocycles. The maximum Gasteiger partial charge on any atom is 0.319 e. The van der Waals surface area contributed by atoms with Gasteiger partial charge in [-0.25, -0.2) is 4.79 Å². The molecule has 1 aromatic rings. The summed E-state index contributed by atoms with van der Waals surface area (Å²) in [7, 11) is 0. The molecule has 0 heterocycles. The summed E-state index contributed by atoms with van der Waals surface area (Å²) in [6, 6.07) is 7.77. The van der Waals surface area contributed by atoms with Crippen LogP contribution in [0, 0.1) is 0 Å². The van der Waals surface area contributed by atoms with Gasteiger partial charge in [-0.2, -0.15) is 0 Å². The standard InChI is InChI=1S/C19H30N2OS/c22-19(21-17-14-10-11-15-18(17)23)20-16-12-8-6-4-2-1-3-5-7-9-13-16/h10-11,14-16,23H,1-9,12-13H2,(H2,20,21,22). The van der Waals surface area contributed by atoms with E-state index in [1.54, 1.807) is 0 Å². The fraction of sp³-hybridized carbons (Fsp3) is 0.632. The average Bonchev–Trinajstić information content (AvgIpc) is 2.52. The van der Waals surface area contributed by atoms with Gasteiger partial charge in [0.15, 0.2) is 0 Å². The molecule has 4 heteroatoms. The Morgan fingerprint density at radius 3 is 1.96 bits per heavy atom. The van der Waals surface area contributed by atoms with Gasteiger partial charge in [0.1, 0.15) is 0 Å². The molecule has 0 aromatic heterocycles. The lowest BCUT2D eigenvalue weighted by Gasteiger charge is -2.20. The van der Waals surface area contributed by atoms with Crippen LogP contribution >= 0.6 is 12.6 Å². The van der Waals surface area contributed by atoms with Crippen LogP contribution in [0.3, 0.4) is 0 Å². The number of anilines is 1. The molecule has 0 bridgehead atoms. The number of urea groups is 1. The second kappa shape index (κ2) is 10.6. The minimum Gasteiger partial charge on any atom is -0.335 e. The molecule has 2 rings (SSSR count). The van der Waals surface area contributed by atoms with E-state index in [2.05, 4.69) is 23.3 Å². The Bertz CT molecular complexity index is 466. The third-order valence-electron chi connectivity index (χ3n) is 4.59. The van der Waals surface area contributed by atoms with Gasteiger partial charge in [0.25, 0.3) is 0 Å². The van der Waals surface area contributed by atoms with Gasteiger partial charge in [-0.3, -0.25) is 0 Å². The van der Waals surface area contributed by atoms with E-state index < -0.39 is 0 Å². The smallest absolute Gasteiger partial charge is 0.319 e. The molecule has 0 radical (unpaired) electrons. The summed E-state index contributed by atoms with van der Waals surface area (Å²) in [5, 5.41) is 6.08. The Balaban J connectivity index is 1.82. The van der Waals surface area contributed by atoms with Gasteiger partial charge in [0.2, 0.25) is 0 Å². The lowest BCUT2D eigenvalue weighted by atomic mass is 9.98. The highest BCUT2D eigenvalue weighted by atomic mass is 32.1. The summed E-state index contributed by atoms with van der Waals surface area (Å²) in [6.07, 6.45) is 14.0. The van der Waals surface area contributed by atoms with Crippen LogP contribution in [0.15, 0.2) is 29.2 Å². The number of thiol groups is 1. The molecule has 0 aliphatic heterocycles. The maximum absolute atomic E-state index is 12.3. The fourth-order valence-corrected chi connectivity index (χ4v) is 3.45. The first kappa shape index (κ1) is 18.2. The van der Waals surface area contributed by atoms with Crippen LogP contribution in [0.1, 0.15) is 70.6 Å². The Morgan fingerprint density at radius 2 is 1.39 bits per heavy atom. The van der Waals surface area contributed by atoms with Crippen LogP contribution in [0.25, 0.3) is 0 Å². The summed E-state index contributed by atoms with van der Waals surface area (Å²) in [4.78, 5) is 13.0. The highest BCUT2D eigenvalue weighted by Gasteiger charge is 2.13. The third-order valence-corrected chi connectivity index (χ3v) is 4.98. The van der Waals surface area contributed by atoms with E-state index >= 15 is 0 Å². The van der Waals surface area contributed by atoms with Crippen molar-refractivity contribution in [3.8, 4) is 0 Å².